The molecule has 1 heterocycles. The average Bonchev–Trinajstić information content (AvgIpc) is 2.61. The molecule has 0 saturated heterocycles. The number of carbonyl (C=O) groups is 1. The third-order valence-corrected chi connectivity index (χ3v) is 4.03. The minimum atomic E-state index is -3.88. The summed E-state index contributed by atoms with van der Waals surface area (Å²) in [5.74, 6) is -0.420. The number of hydrogen-bond donors (Lipinski definition) is 2. The first kappa shape index (κ1) is 15.7. The summed E-state index contributed by atoms with van der Waals surface area (Å²) in [6.45, 7) is 4.70. The van der Waals surface area contributed by atoms with Crippen LogP contribution in [0.2, 0.25) is 0 Å². The predicted molar refractivity (Wildman–Crippen MR) is 68.4 cm³/mol. The Bertz CT molecular complexity index is 574. The lowest BCUT2D eigenvalue weighted by Gasteiger charge is -2.09. The Kier molecular flexibility index (Phi) is 4.72. The number of furan rings is 1. The van der Waals surface area contributed by atoms with Crippen molar-refractivity contribution in [1.29, 1.82) is 0 Å². The largest absolute Gasteiger partial charge is 0.465 e. The summed E-state index contributed by atoms with van der Waals surface area (Å²) < 4.78 is 36.5. The lowest BCUT2D eigenvalue weighted by molar-refractivity contribution is 0.0595. The van der Waals surface area contributed by atoms with Gasteiger partial charge in [-0.25, -0.2) is 17.9 Å². The van der Waals surface area contributed by atoms with Gasteiger partial charge in [-0.3, -0.25) is 0 Å². The third kappa shape index (κ3) is 3.34. The van der Waals surface area contributed by atoms with Crippen LogP contribution < -0.4 is 10.5 Å². The van der Waals surface area contributed by atoms with E-state index in [-0.39, 0.29) is 34.6 Å². The summed E-state index contributed by atoms with van der Waals surface area (Å²) in [5, 5.41) is 0. The van der Waals surface area contributed by atoms with E-state index in [1.807, 2.05) is 0 Å². The number of sulfonamides is 1. The van der Waals surface area contributed by atoms with Gasteiger partial charge in [0.2, 0.25) is 10.0 Å². The fourth-order valence-corrected chi connectivity index (χ4v) is 3.18. The Morgan fingerprint density at radius 3 is 2.47 bits per heavy atom. The molecule has 0 radical (unpaired) electrons. The number of esters is 1. The molecule has 0 aliphatic carbocycles. The molecule has 0 bridgehead atoms. The van der Waals surface area contributed by atoms with Gasteiger partial charge < -0.3 is 14.9 Å². The highest BCUT2D eigenvalue weighted by Gasteiger charge is 2.31. The number of carbonyl (C=O) groups excluding carboxylic acids is 1. The number of ether oxygens (including phenoxy) is 1. The van der Waals surface area contributed by atoms with Crippen LogP contribution in [0.25, 0.3) is 0 Å². The van der Waals surface area contributed by atoms with E-state index in [4.69, 9.17) is 10.2 Å². The van der Waals surface area contributed by atoms with Gasteiger partial charge in [-0.15, -0.1) is 0 Å². The van der Waals surface area contributed by atoms with Crippen molar-refractivity contribution in [1.82, 2.24) is 4.72 Å². The molecule has 19 heavy (non-hydrogen) atoms. The molecular weight excluding hydrogens is 272 g/mol. The second-order valence-corrected chi connectivity index (χ2v) is 5.94. The highest BCUT2D eigenvalue weighted by atomic mass is 32.2. The Labute approximate surface area is 112 Å². The molecule has 1 rings (SSSR count). The first-order chi connectivity index (χ1) is 8.70. The highest BCUT2D eigenvalue weighted by molar-refractivity contribution is 7.89. The molecule has 0 aliphatic rings. The molecule has 7 nitrogen and oxygen atoms in total. The fraction of sp³-hybridized carbons (Fsp3) is 0.545. The molecule has 1 aromatic rings. The topological polar surface area (TPSA) is 112 Å². The molecule has 8 heteroatoms. The summed E-state index contributed by atoms with van der Waals surface area (Å²) in [7, 11) is -2.70. The van der Waals surface area contributed by atoms with Crippen LogP contribution in [0.4, 0.5) is 0 Å². The van der Waals surface area contributed by atoms with Gasteiger partial charge in [0.25, 0.3) is 0 Å². The summed E-state index contributed by atoms with van der Waals surface area (Å²) >= 11 is 0. The highest BCUT2D eigenvalue weighted by Crippen LogP contribution is 2.27. The zero-order valence-corrected chi connectivity index (χ0v) is 12.1. The SMILES string of the molecule is COC(=O)c1c(C)oc(C)c1S(=O)(=O)NCC(C)N. The van der Waals surface area contributed by atoms with Crippen LogP contribution >= 0.6 is 0 Å². The summed E-state index contributed by atoms with van der Waals surface area (Å²) in [6.07, 6.45) is 0. The Balaban J connectivity index is 3.30. The van der Waals surface area contributed by atoms with Gasteiger partial charge >= 0.3 is 5.97 Å². The Morgan fingerprint density at radius 1 is 1.42 bits per heavy atom. The first-order valence-electron chi connectivity index (χ1n) is 5.64. The van der Waals surface area contributed by atoms with Crippen LogP contribution in [0.3, 0.4) is 0 Å². The van der Waals surface area contributed by atoms with Gasteiger partial charge in [-0.2, -0.15) is 0 Å². The van der Waals surface area contributed by atoms with E-state index in [1.54, 1.807) is 6.92 Å². The molecule has 3 N–H and O–H groups in total. The van der Waals surface area contributed by atoms with Crippen molar-refractivity contribution in [3.05, 3.63) is 17.1 Å². The number of nitrogens with one attached hydrogen (secondary N) is 1. The smallest absolute Gasteiger partial charge is 0.342 e. The second kappa shape index (κ2) is 5.72. The molecule has 0 amide bonds. The average molecular weight is 290 g/mol. The maximum atomic E-state index is 12.2. The van der Waals surface area contributed by atoms with Gasteiger partial charge in [0.15, 0.2) is 0 Å². The lowest BCUT2D eigenvalue weighted by Crippen LogP contribution is -2.35. The molecule has 108 valence electrons. The zero-order valence-electron chi connectivity index (χ0n) is 11.3. The van der Waals surface area contributed by atoms with Crippen molar-refractivity contribution in [2.75, 3.05) is 13.7 Å². The van der Waals surface area contributed by atoms with E-state index in [0.29, 0.717) is 0 Å². The molecule has 0 saturated carbocycles. The van der Waals surface area contributed by atoms with Gasteiger partial charge in [0, 0.05) is 12.6 Å². The van der Waals surface area contributed by atoms with E-state index < -0.39 is 16.0 Å². The van der Waals surface area contributed by atoms with E-state index in [2.05, 4.69) is 9.46 Å². The number of aryl methyl sites for hydroxylation is 2. The second-order valence-electron chi connectivity index (χ2n) is 4.24. The van der Waals surface area contributed by atoms with E-state index in [1.165, 1.54) is 21.0 Å². The van der Waals surface area contributed by atoms with Crippen molar-refractivity contribution in [2.24, 2.45) is 5.73 Å². The van der Waals surface area contributed by atoms with Crippen molar-refractivity contribution >= 4 is 16.0 Å². The fourth-order valence-electron chi connectivity index (χ4n) is 1.64. The first-order valence-corrected chi connectivity index (χ1v) is 7.12. The molecule has 1 atom stereocenters. The summed E-state index contributed by atoms with van der Waals surface area (Å²) in [4.78, 5) is 11.5. The maximum Gasteiger partial charge on any atom is 0.342 e. The summed E-state index contributed by atoms with van der Waals surface area (Å²) in [5.41, 5.74) is 5.42. The van der Waals surface area contributed by atoms with Crippen LogP contribution in [-0.4, -0.2) is 34.1 Å². The number of hydrogen-bond acceptors (Lipinski definition) is 6. The number of nitrogens with two attached hydrogens (primary N) is 1. The zero-order chi connectivity index (χ0) is 14.8. The Hall–Kier alpha value is -1.38. The van der Waals surface area contributed by atoms with Crippen LogP contribution in [0.5, 0.6) is 0 Å². The van der Waals surface area contributed by atoms with Crippen molar-refractivity contribution in [3.63, 3.8) is 0 Å². The van der Waals surface area contributed by atoms with E-state index in [9.17, 15) is 13.2 Å². The van der Waals surface area contributed by atoms with Gasteiger partial charge in [-0.1, -0.05) is 0 Å². The number of rotatable bonds is 5. The van der Waals surface area contributed by atoms with Crippen LogP contribution in [0, 0.1) is 13.8 Å². The normalized spacial score (nSPS) is 13.3. The molecule has 0 spiro atoms. The monoisotopic (exact) mass is 290 g/mol. The third-order valence-electron chi connectivity index (χ3n) is 2.46. The molecule has 0 fully saturated rings. The van der Waals surface area contributed by atoms with E-state index >= 15 is 0 Å². The molecule has 0 aliphatic heterocycles. The van der Waals surface area contributed by atoms with Crippen molar-refractivity contribution in [2.45, 2.75) is 31.7 Å². The van der Waals surface area contributed by atoms with Crippen LogP contribution in [-0.2, 0) is 14.8 Å². The number of methoxy groups -OCH3 is 1. The predicted octanol–water partition coefficient (Wildman–Crippen LogP) is 0.309. The molecule has 1 aromatic heterocycles. The van der Waals surface area contributed by atoms with Crippen LogP contribution in [0.1, 0.15) is 28.8 Å². The molecular formula is C11H18N2O5S. The van der Waals surface area contributed by atoms with Gasteiger partial charge in [-0.05, 0) is 20.8 Å². The van der Waals surface area contributed by atoms with Gasteiger partial charge in [0.1, 0.15) is 22.0 Å². The van der Waals surface area contributed by atoms with Crippen LogP contribution in [0.15, 0.2) is 9.31 Å². The lowest BCUT2D eigenvalue weighted by atomic mass is 10.2. The standard InChI is InChI=1S/C11H18N2O5S/c1-6(12)5-13-19(15,16)10-8(3)18-7(2)9(10)11(14)17-4/h6,13H,5,12H2,1-4H3. The van der Waals surface area contributed by atoms with Crippen molar-refractivity contribution < 1.29 is 22.4 Å². The van der Waals surface area contributed by atoms with Gasteiger partial charge in [0.05, 0.1) is 7.11 Å². The molecule has 0 aromatic carbocycles. The molecule has 1 unspecified atom stereocenters. The summed E-state index contributed by atoms with van der Waals surface area (Å²) in [6, 6.07) is -0.343. The maximum absolute atomic E-state index is 12.2. The minimum absolute atomic E-state index is 0.0621. The minimum Gasteiger partial charge on any atom is -0.465 e. The Morgan fingerprint density at radius 2 is 2.00 bits per heavy atom. The quantitative estimate of drug-likeness (QED) is 0.755. The van der Waals surface area contributed by atoms with E-state index in [0.717, 1.165) is 0 Å². The van der Waals surface area contributed by atoms with Crippen molar-refractivity contribution in [3.8, 4) is 0 Å².